The van der Waals surface area contributed by atoms with Gasteiger partial charge in [0.25, 0.3) is 5.24 Å². The second-order valence-corrected chi connectivity index (χ2v) is 10.4. The number of carboxylic acid groups (broad SMARTS) is 1. The van der Waals surface area contributed by atoms with E-state index in [9.17, 15) is 19.3 Å². The standard InChI is InChI=1S/C17H28N3O4PS/c1-6-15(16(21)22)20(13-25(24,18(2)3)19(4)5)17(23)26-12-14-10-8-7-9-11-14/h7-11,15H,6,12-13H2,1-5H3,(H,21,22). The average Bonchev–Trinajstić information content (AvgIpc) is 2.59. The van der Waals surface area contributed by atoms with Gasteiger partial charge in [0.1, 0.15) is 12.3 Å². The van der Waals surface area contributed by atoms with E-state index in [1.165, 1.54) is 4.90 Å². The van der Waals surface area contributed by atoms with Gasteiger partial charge in [-0.15, -0.1) is 0 Å². The molecule has 0 heterocycles. The molecule has 26 heavy (non-hydrogen) atoms. The third-order valence-corrected chi connectivity index (χ3v) is 8.21. The first kappa shape index (κ1) is 22.7. The van der Waals surface area contributed by atoms with E-state index in [2.05, 4.69) is 0 Å². The van der Waals surface area contributed by atoms with E-state index in [0.29, 0.717) is 5.75 Å². The van der Waals surface area contributed by atoms with Crippen LogP contribution in [-0.4, -0.2) is 71.1 Å². The van der Waals surface area contributed by atoms with E-state index >= 15 is 0 Å². The van der Waals surface area contributed by atoms with Gasteiger partial charge in [-0.1, -0.05) is 49.0 Å². The minimum Gasteiger partial charge on any atom is -0.480 e. The lowest BCUT2D eigenvalue weighted by Gasteiger charge is -2.37. The van der Waals surface area contributed by atoms with Crippen LogP contribution in [0.5, 0.6) is 0 Å². The molecule has 0 radical (unpaired) electrons. The van der Waals surface area contributed by atoms with E-state index in [1.54, 1.807) is 44.5 Å². The number of hydrogen-bond acceptors (Lipinski definition) is 4. The van der Waals surface area contributed by atoms with Crippen molar-refractivity contribution in [3.63, 3.8) is 0 Å². The minimum absolute atomic E-state index is 0.140. The molecule has 0 saturated heterocycles. The third-order valence-electron chi connectivity index (χ3n) is 4.07. The molecule has 1 amide bonds. The van der Waals surface area contributed by atoms with Crippen LogP contribution < -0.4 is 0 Å². The summed E-state index contributed by atoms with van der Waals surface area (Å²) in [6.45, 7) is 1.71. The average molecular weight is 401 g/mol. The highest BCUT2D eigenvalue weighted by atomic mass is 32.2. The fourth-order valence-electron chi connectivity index (χ4n) is 2.42. The van der Waals surface area contributed by atoms with Crippen LogP contribution in [0, 0.1) is 0 Å². The highest BCUT2D eigenvalue weighted by Crippen LogP contribution is 2.50. The maximum absolute atomic E-state index is 13.3. The molecule has 1 rings (SSSR count). The van der Waals surface area contributed by atoms with E-state index in [1.807, 2.05) is 30.3 Å². The zero-order chi connectivity index (χ0) is 19.9. The molecule has 9 heteroatoms. The molecular formula is C17H28N3O4PS. The molecule has 0 aliphatic heterocycles. The Morgan fingerprint density at radius 3 is 2.08 bits per heavy atom. The summed E-state index contributed by atoms with van der Waals surface area (Å²) in [5, 5.41) is 9.15. The van der Waals surface area contributed by atoms with Gasteiger partial charge >= 0.3 is 5.97 Å². The number of amides is 1. The van der Waals surface area contributed by atoms with Crippen LogP contribution in [0.4, 0.5) is 4.79 Å². The smallest absolute Gasteiger partial charge is 0.326 e. The predicted molar refractivity (Wildman–Crippen MR) is 107 cm³/mol. The number of nitrogens with zero attached hydrogens (tertiary/aromatic N) is 3. The molecular weight excluding hydrogens is 373 g/mol. The van der Waals surface area contributed by atoms with Gasteiger partial charge in [0.2, 0.25) is 7.44 Å². The Balaban J connectivity index is 3.06. The molecule has 0 spiro atoms. The van der Waals surface area contributed by atoms with Crippen molar-refractivity contribution >= 4 is 30.4 Å². The topological polar surface area (TPSA) is 81.2 Å². The van der Waals surface area contributed by atoms with Gasteiger partial charge in [0.15, 0.2) is 0 Å². The van der Waals surface area contributed by atoms with E-state index in [-0.39, 0.29) is 17.9 Å². The van der Waals surface area contributed by atoms with E-state index < -0.39 is 19.5 Å². The van der Waals surface area contributed by atoms with Crippen LogP contribution in [0.15, 0.2) is 30.3 Å². The first-order valence-electron chi connectivity index (χ1n) is 8.28. The fraction of sp³-hybridized carbons (Fsp3) is 0.529. The predicted octanol–water partition coefficient (Wildman–Crippen LogP) is 3.48. The summed E-state index contributed by atoms with van der Waals surface area (Å²) in [7, 11) is 3.60. The molecule has 146 valence electrons. The second kappa shape index (κ2) is 10.1. The van der Waals surface area contributed by atoms with Gasteiger partial charge in [-0.25, -0.2) is 14.1 Å². The molecule has 7 nitrogen and oxygen atoms in total. The van der Waals surface area contributed by atoms with Crippen molar-refractivity contribution in [3.8, 4) is 0 Å². The summed E-state index contributed by atoms with van der Waals surface area (Å²) < 4.78 is 16.4. The quantitative estimate of drug-likeness (QED) is 0.635. The summed E-state index contributed by atoms with van der Waals surface area (Å²) in [6.07, 6.45) is 0.103. The Morgan fingerprint density at radius 2 is 1.65 bits per heavy atom. The molecule has 1 N–H and O–H groups in total. The summed E-state index contributed by atoms with van der Waals surface area (Å²) >= 11 is 1.03. The zero-order valence-electron chi connectivity index (χ0n) is 16.0. The van der Waals surface area contributed by atoms with Crippen LogP contribution >= 0.6 is 19.2 Å². The number of hydrogen-bond donors (Lipinski definition) is 1. The maximum Gasteiger partial charge on any atom is 0.326 e. The maximum atomic E-state index is 13.3. The molecule has 1 aromatic carbocycles. The lowest BCUT2D eigenvalue weighted by molar-refractivity contribution is -0.141. The first-order valence-corrected chi connectivity index (χ1v) is 11.1. The Hall–Kier alpha value is -1.34. The highest BCUT2D eigenvalue weighted by Gasteiger charge is 2.37. The van der Waals surface area contributed by atoms with Crippen molar-refractivity contribution < 1.29 is 19.3 Å². The van der Waals surface area contributed by atoms with Gasteiger partial charge in [-0.2, -0.15) is 0 Å². The molecule has 0 aromatic heterocycles. The van der Waals surface area contributed by atoms with Crippen molar-refractivity contribution in [3.05, 3.63) is 35.9 Å². The SMILES string of the molecule is CCC(C(=O)O)N(CP(=O)(N(C)C)N(C)C)C(=O)SCc1ccccc1. The van der Waals surface area contributed by atoms with Crippen LogP contribution in [0.2, 0.25) is 0 Å². The molecule has 0 bridgehead atoms. The molecule has 1 atom stereocenters. The van der Waals surface area contributed by atoms with Crippen molar-refractivity contribution in [1.82, 2.24) is 14.2 Å². The second-order valence-electron chi connectivity index (χ2n) is 6.27. The summed E-state index contributed by atoms with van der Waals surface area (Å²) in [4.78, 5) is 25.7. The highest BCUT2D eigenvalue weighted by molar-refractivity contribution is 8.12. The summed E-state index contributed by atoms with van der Waals surface area (Å²) in [5.74, 6) is -0.661. The number of aliphatic carboxylic acids is 1. The van der Waals surface area contributed by atoms with Crippen LogP contribution in [0.1, 0.15) is 18.9 Å². The fourth-order valence-corrected chi connectivity index (χ4v) is 5.30. The number of carbonyl (C=O) groups is 2. The van der Waals surface area contributed by atoms with E-state index in [4.69, 9.17) is 0 Å². The summed E-state index contributed by atoms with van der Waals surface area (Å²) in [5.41, 5.74) is 0.970. The lowest BCUT2D eigenvalue weighted by atomic mass is 10.2. The van der Waals surface area contributed by atoms with Crippen LogP contribution in [0.25, 0.3) is 0 Å². The van der Waals surface area contributed by atoms with Crippen molar-refractivity contribution in [2.24, 2.45) is 0 Å². The molecule has 0 saturated carbocycles. The zero-order valence-corrected chi connectivity index (χ0v) is 17.7. The lowest BCUT2D eigenvalue weighted by Crippen LogP contribution is -2.45. The Morgan fingerprint density at radius 1 is 1.12 bits per heavy atom. The Labute approximate surface area is 159 Å². The number of benzene rings is 1. The van der Waals surface area contributed by atoms with Crippen molar-refractivity contribution in [2.45, 2.75) is 25.1 Å². The van der Waals surface area contributed by atoms with Crippen molar-refractivity contribution in [2.75, 3.05) is 34.5 Å². The van der Waals surface area contributed by atoms with Gasteiger partial charge in [0.05, 0.1) is 0 Å². The Bertz CT molecular complexity index is 643. The van der Waals surface area contributed by atoms with E-state index in [0.717, 1.165) is 17.3 Å². The monoisotopic (exact) mass is 401 g/mol. The van der Waals surface area contributed by atoms with Gasteiger partial charge in [-0.05, 0) is 40.2 Å². The molecule has 1 unspecified atom stereocenters. The largest absolute Gasteiger partial charge is 0.480 e. The van der Waals surface area contributed by atoms with Gasteiger partial charge in [-0.3, -0.25) is 9.36 Å². The molecule has 0 fully saturated rings. The Kier molecular flexibility index (Phi) is 8.83. The minimum atomic E-state index is -3.08. The number of thioether (sulfide) groups is 1. The number of carboxylic acids is 1. The molecule has 0 aliphatic rings. The third kappa shape index (κ3) is 5.84. The summed E-state index contributed by atoms with van der Waals surface area (Å²) in [6, 6.07) is 8.46. The van der Waals surface area contributed by atoms with Gasteiger partial charge < -0.3 is 10.0 Å². The molecule has 1 aromatic rings. The number of rotatable bonds is 9. The normalized spacial score (nSPS) is 13.0. The molecule has 0 aliphatic carbocycles. The number of carbonyl (C=O) groups excluding carboxylic acids is 1. The van der Waals surface area contributed by atoms with Crippen LogP contribution in [-0.2, 0) is 15.1 Å². The van der Waals surface area contributed by atoms with Gasteiger partial charge in [0, 0.05) is 5.75 Å². The van der Waals surface area contributed by atoms with Crippen LogP contribution in [0.3, 0.4) is 0 Å². The first-order chi connectivity index (χ1) is 12.1. The van der Waals surface area contributed by atoms with Crippen molar-refractivity contribution in [1.29, 1.82) is 0 Å².